The lowest BCUT2D eigenvalue weighted by Gasteiger charge is -2.26. The molecule has 33 heavy (non-hydrogen) atoms. The molecule has 0 atom stereocenters. The lowest BCUT2D eigenvalue weighted by atomic mass is 10.1. The van der Waals surface area contributed by atoms with Gasteiger partial charge in [-0.15, -0.1) is 0 Å². The van der Waals surface area contributed by atoms with Crippen molar-refractivity contribution in [2.45, 2.75) is 78.6 Å². The second-order valence-corrected chi connectivity index (χ2v) is 9.63. The fraction of sp³-hybridized carbons (Fsp3) is 0.480. The van der Waals surface area contributed by atoms with Crippen LogP contribution in [0.5, 0.6) is 5.75 Å². The van der Waals surface area contributed by atoms with Crippen molar-refractivity contribution in [2.24, 2.45) is 0 Å². The maximum atomic E-state index is 12.6. The number of carbonyl (C=O) groups is 3. The lowest BCUT2D eigenvalue weighted by Crippen LogP contribution is -2.55. The molecule has 0 spiro atoms. The van der Waals surface area contributed by atoms with Crippen LogP contribution in [0, 0.1) is 0 Å². The summed E-state index contributed by atoms with van der Waals surface area (Å²) in [5.74, 6) is -1.57. The van der Waals surface area contributed by atoms with Crippen molar-refractivity contribution in [1.29, 1.82) is 0 Å². The largest absolute Gasteiger partial charge is 0.972 e. The summed E-state index contributed by atoms with van der Waals surface area (Å²) in [4.78, 5) is 37.8. The summed E-state index contributed by atoms with van der Waals surface area (Å²) in [6.45, 7) is 5.83. The molecule has 7 nitrogen and oxygen atoms in total. The molecule has 0 aliphatic heterocycles. The molecule has 0 fully saturated rings. The minimum atomic E-state index is -4.54. The van der Waals surface area contributed by atoms with E-state index in [-0.39, 0.29) is 19.3 Å². The highest BCUT2D eigenvalue weighted by atomic mass is 28.4. The molecule has 0 saturated heterocycles. The first-order valence-corrected chi connectivity index (χ1v) is 13.4. The van der Waals surface area contributed by atoms with Gasteiger partial charge in [0.05, 0.1) is 0 Å². The molecule has 2 aromatic carbocycles. The summed E-state index contributed by atoms with van der Waals surface area (Å²) in [6.07, 6.45) is 4.40. The Hall–Kier alpha value is -2.87. The Kier molecular flexibility index (Phi) is 10.9. The van der Waals surface area contributed by atoms with Gasteiger partial charge >= 0.3 is 9.05 Å². The van der Waals surface area contributed by atoms with Gasteiger partial charge in [0.2, 0.25) is 0 Å². The first kappa shape index (κ1) is 26.4. The van der Waals surface area contributed by atoms with Crippen molar-refractivity contribution in [3.05, 3.63) is 42.5 Å². The van der Waals surface area contributed by atoms with Crippen LogP contribution in [-0.4, -0.2) is 27.0 Å². The SMILES string of the molecule is CCCCC(=O)O[Si](OC(=O)CCCC)(OC(=O)CCCC)Oc1cccc2ccccc12. The van der Waals surface area contributed by atoms with Gasteiger partial charge in [-0.05, 0) is 30.7 Å². The van der Waals surface area contributed by atoms with E-state index < -0.39 is 27.0 Å². The Morgan fingerprint density at radius 1 is 0.667 bits per heavy atom. The van der Waals surface area contributed by atoms with Crippen molar-refractivity contribution in [3.63, 3.8) is 0 Å². The summed E-state index contributed by atoms with van der Waals surface area (Å²) in [5.41, 5.74) is 0. The third-order valence-corrected chi connectivity index (χ3v) is 6.81. The molecule has 0 saturated carbocycles. The standard InChI is InChI=1S/C25H34O7Si/c1-4-7-17-23(26)30-33(31-24(27)18-8-5-2,32-25(28)19-9-6-3)29-22-16-12-14-20-13-10-11-15-21(20)22/h10-16H,4-9,17-19H2,1-3H3. The van der Waals surface area contributed by atoms with Crippen molar-refractivity contribution < 1.29 is 32.1 Å². The van der Waals surface area contributed by atoms with Crippen LogP contribution in [0.4, 0.5) is 0 Å². The van der Waals surface area contributed by atoms with E-state index in [0.717, 1.165) is 30.0 Å². The van der Waals surface area contributed by atoms with Gasteiger partial charge in [-0.25, -0.2) is 0 Å². The van der Waals surface area contributed by atoms with E-state index in [1.54, 1.807) is 12.1 Å². The minimum absolute atomic E-state index is 0.100. The normalized spacial score (nSPS) is 11.1. The zero-order chi connectivity index (χ0) is 24.1. The Labute approximate surface area is 196 Å². The summed E-state index contributed by atoms with van der Waals surface area (Å²) in [7, 11) is -4.54. The predicted molar refractivity (Wildman–Crippen MR) is 127 cm³/mol. The van der Waals surface area contributed by atoms with Gasteiger partial charge in [0, 0.05) is 24.6 Å². The summed E-state index contributed by atoms with van der Waals surface area (Å²) >= 11 is 0. The smallest absolute Gasteiger partial charge is 0.451 e. The van der Waals surface area contributed by atoms with Crippen LogP contribution in [0.3, 0.4) is 0 Å². The van der Waals surface area contributed by atoms with E-state index in [9.17, 15) is 14.4 Å². The highest BCUT2D eigenvalue weighted by Gasteiger charge is 2.61. The minimum Gasteiger partial charge on any atom is -0.451 e. The van der Waals surface area contributed by atoms with E-state index in [0.29, 0.717) is 25.0 Å². The molecule has 0 radical (unpaired) electrons. The average molecular weight is 475 g/mol. The van der Waals surface area contributed by atoms with Crippen LogP contribution in [0.1, 0.15) is 78.6 Å². The number of hydrogen-bond donors (Lipinski definition) is 0. The van der Waals surface area contributed by atoms with Crippen molar-refractivity contribution in [2.75, 3.05) is 0 Å². The average Bonchev–Trinajstić information content (AvgIpc) is 2.80. The first-order valence-electron chi connectivity index (χ1n) is 11.7. The fourth-order valence-electron chi connectivity index (χ4n) is 3.08. The first-order chi connectivity index (χ1) is 15.9. The van der Waals surface area contributed by atoms with Crippen molar-refractivity contribution in [3.8, 4) is 5.75 Å². The Morgan fingerprint density at radius 2 is 1.12 bits per heavy atom. The molecular formula is C25H34O7Si. The van der Waals surface area contributed by atoms with E-state index in [4.69, 9.17) is 17.7 Å². The van der Waals surface area contributed by atoms with Crippen LogP contribution in [0.15, 0.2) is 42.5 Å². The summed E-state index contributed by atoms with van der Waals surface area (Å²) in [6, 6.07) is 12.8. The van der Waals surface area contributed by atoms with Gasteiger partial charge in [-0.3, -0.25) is 14.4 Å². The zero-order valence-corrected chi connectivity index (χ0v) is 20.8. The molecule has 0 amide bonds. The Balaban J connectivity index is 2.45. The molecule has 0 unspecified atom stereocenters. The summed E-state index contributed by atoms with van der Waals surface area (Å²) < 4.78 is 22.8. The van der Waals surface area contributed by atoms with E-state index >= 15 is 0 Å². The highest BCUT2D eigenvalue weighted by Crippen LogP contribution is 2.29. The molecule has 180 valence electrons. The molecule has 0 aliphatic carbocycles. The molecule has 2 rings (SSSR count). The Morgan fingerprint density at radius 3 is 1.61 bits per heavy atom. The fourth-order valence-corrected chi connectivity index (χ4v) is 4.92. The number of benzene rings is 2. The molecule has 2 aromatic rings. The van der Waals surface area contributed by atoms with Gasteiger partial charge in [-0.1, -0.05) is 76.4 Å². The molecule has 0 bridgehead atoms. The predicted octanol–water partition coefficient (Wildman–Crippen LogP) is 5.85. The second-order valence-electron chi connectivity index (χ2n) is 7.81. The zero-order valence-electron chi connectivity index (χ0n) is 19.8. The quantitative estimate of drug-likeness (QED) is 0.317. The van der Waals surface area contributed by atoms with Crippen molar-refractivity contribution in [1.82, 2.24) is 0 Å². The van der Waals surface area contributed by atoms with E-state index in [2.05, 4.69) is 0 Å². The van der Waals surface area contributed by atoms with Crippen LogP contribution < -0.4 is 4.43 Å². The monoisotopic (exact) mass is 474 g/mol. The van der Waals surface area contributed by atoms with Crippen LogP contribution in [0.25, 0.3) is 10.8 Å². The van der Waals surface area contributed by atoms with Crippen LogP contribution >= 0.6 is 0 Å². The maximum absolute atomic E-state index is 12.6. The molecule has 8 heteroatoms. The molecule has 0 aliphatic rings. The van der Waals surface area contributed by atoms with Gasteiger partial charge in [0.1, 0.15) is 5.75 Å². The molecule has 0 N–H and O–H groups in total. The number of fused-ring (bicyclic) bond motifs is 1. The molecule has 0 heterocycles. The number of hydrogen-bond acceptors (Lipinski definition) is 7. The number of unbranched alkanes of at least 4 members (excludes halogenated alkanes) is 3. The van der Waals surface area contributed by atoms with Gasteiger partial charge in [-0.2, -0.15) is 0 Å². The van der Waals surface area contributed by atoms with Gasteiger partial charge < -0.3 is 17.7 Å². The lowest BCUT2D eigenvalue weighted by molar-refractivity contribution is -0.156. The van der Waals surface area contributed by atoms with E-state index in [1.165, 1.54) is 0 Å². The third-order valence-electron chi connectivity index (χ3n) is 4.90. The van der Waals surface area contributed by atoms with Crippen LogP contribution in [0.2, 0.25) is 0 Å². The topological polar surface area (TPSA) is 88.1 Å². The highest BCUT2D eigenvalue weighted by molar-refractivity contribution is 6.60. The van der Waals surface area contributed by atoms with E-state index in [1.807, 2.05) is 51.1 Å². The maximum Gasteiger partial charge on any atom is 0.972 e. The molecular weight excluding hydrogens is 440 g/mol. The number of carbonyl (C=O) groups excluding carboxylic acids is 3. The molecule has 0 aromatic heterocycles. The second kappa shape index (κ2) is 13.6. The van der Waals surface area contributed by atoms with Gasteiger partial charge in [0.15, 0.2) is 0 Å². The van der Waals surface area contributed by atoms with Gasteiger partial charge in [0.25, 0.3) is 17.9 Å². The number of rotatable bonds is 14. The van der Waals surface area contributed by atoms with Crippen LogP contribution in [-0.2, 0) is 27.7 Å². The Bertz CT molecular complexity index is 868. The third kappa shape index (κ3) is 8.53. The summed E-state index contributed by atoms with van der Waals surface area (Å²) in [5, 5.41) is 1.60. The van der Waals surface area contributed by atoms with Crippen molar-refractivity contribution >= 4 is 37.7 Å².